The van der Waals surface area contributed by atoms with Gasteiger partial charge in [-0.1, -0.05) is 82.9 Å². The molecule has 8 unspecified atom stereocenters. The molecule has 0 radical (unpaired) electrons. The van der Waals surface area contributed by atoms with Crippen molar-refractivity contribution in [2.45, 2.75) is 68.0 Å². The van der Waals surface area contributed by atoms with Gasteiger partial charge in [-0.2, -0.15) is 0 Å². The van der Waals surface area contributed by atoms with Crippen LogP contribution in [-0.2, 0) is 5.41 Å². The van der Waals surface area contributed by atoms with Crippen molar-refractivity contribution >= 4 is 15.9 Å². The summed E-state index contributed by atoms with van der Waals surface area (Å²) in [6.07, 6.45) is 20.3. The number of fused-ring (bicyclic) bond motifs is 5. The Bertz CT molecular complexity index is 914. The zero-order chi connectivity index (χ0) is 21.0. The predicted molar refractivity (Wildman–Crippen MR) is 130 cm³/mol. The highest BCUT2D eigenvalue weighted by Crippen LogP contribution is 2.68. The van der Waals surface area contributed by atoms with E-state index in [1.54, 1.807) is 5.57 Å². The zero-order valence-corrected chi connectivity index (χ0v) is 19.9. The molecule has 0 heterocycles. The molecule has 1 aromatic carbocycles. The fourth-order valence-corrected chi connectivity index (χ4v) is 9.12. The molecule has 0 amide bonds. The van der Waals surface area contributed by atoms with Crippen molar-refractivity contribution in [1.82, 2.24) is 0 Å². The lowest BCUT2D eigenvalue weighted by atomic mass is 9.55. The van der Waals surface area contributed by atoms with Crippen LogP contribution >= 0.6 is 15.9 Å². The summed E-state index contributed by atoms with van der Waals surface area (Å²) in [5, 5.41) is 0. The van der Waals surface area contributed by atoms with E-state index < -0.39 is 0 Å². The monoisotopic (exact) mass is 480 g/mol. The van der Waals surface area contributed by atoms with Gasteiger partial charge in [0.15, 0.2) is 0 Å². The Morgan fingerprint density at radius 3 is 2.52 bits per heavy atom. The Labute approximate surface area is 195 Å². The number of halogens is 2. The smallest absolute Gasteiger partial charge is 0.0996 e. The summed E-state index contributed by atoms with van der Waals surface area (Å²) in [6, 6.07) is 11.3. The lowest BCUT2D eigenvalue weighted by molar-refractivity contribution is 0.0782. The molecule has 0 bridgehead atoms. The third kappa shape index (κ3) is 3.03. The molecule has 0 saturated heterocycles. The molecule has 1 aromatic rings. The van der Waals surface area contributed by atoms with Gasteiger partial charge < -0.3 is 0 Å². The van der Waals surface area contributed by atoms with Crippen molar-refractivity contribution in [3.63, 3.8) is 0 Å². The average Bonchev–Trinajstić information content (AvgIpc) is 3.10. The molecule has 8 atom stereocenters. The largest absolute Gasteiger partial charge is 0.212 e. The molecule has 0 nitrogen and oxygen atoms in total. The molecule has 0 N–H and O–H groups in total. The summed E-state index contributed by atoms with van der Waals surface area (Å²) in [7, 11) is 0. The van der Waals surface area contributed by atoms with E-state index >= 15 is 4.39 Å². The Kier molecular flexibility index (Phi) is 5.29. The number of allylic oxidation sites excluding steroid dienone is 6. The minimum Gasteiger partial charge on any atom is -0.212 e. The molecule has 164 valence electrons. The molecule has 0 aliphatic heterocycles. The van der Waals surface area contributed by atoms with Gasteiger partial charge >= 0.3 is 0 Å². The van der Waals surface area contributed by atoms with Crippen molar-refractivity contribution in [2.24, 2.45) is 35.5 Å². The Morgan fingerprint density at radius 1 is 0.871 bits per heavy atom. The van der Waals surface area contributed by atoms with Crippen LogP contribution in [0.3, 0.4) is 0 Å². The van der Waals surface area contributed by atoms with E-state index in [9.17, 15) is 0 Å². The lowest BCUT2D eigenvalue weighted by Crippen LogP contribution is -2.45. The highest BCUT2D eigenvalue weighted by Gasteiger charge is 2.63. The fourth-order valence-electron chi connectivity index (χ4n) is 8.58. The first-order chi connectivity index (χ1) is 15.2. The third-order valence-corrected chi connectivity index (χ3v) is 10.3. The Hall–Kier alpha value is -1.15. The first kappa shape index (κ1) is 20.5. The normalized spacial score (nSPS) is 44.0. The van der Waals surface area contributed by atoms with Gasteiger partial charge in [-0.25, -0.2) is 4.39 Å². The van der Waals surface area contributed by atoms with Crippen molar-refractivity contribution in [1.29, 1.82) is 0 Å². The molecule has 31 heavy (non-hydrogen) atoms. The molecule has 2 heteroatoms. The van der Waals surface area contributed by atoms with Gasteiger partial charge in [-0.3, -0.25) is 0 Å². The highest BCUT2D eigenvalue weighted by atomic mass is 79.9. The topological polar surface area (TPSA) is 0 Å². The highest BCUT2D eigenvalue weighted by molar-refractivity contribution is 9.09. The molecular weight excluding hydrogens is 447 g/mol. The van der Waals surface area contributed by atoms with E-state index in [0.29, 0.717) is 34.4 Å². The maximum Gasteiger partial charge on any atom is 0.0996 e. The minimum absolute atomic E-state index is 0.0481. The molecule has 6 rings (SSSR count). The van der Waals surface area contributed by atoms with Gasteiger partial charge in [-0.15, -0.1) is 0 Å². The molecule has 2 fully saturated rings. The quantitative estimate of drug-likeness (QED) is 0.294. The van der Waals surface area contributed by atoms with E-state index in [1.807, 2.05) is 0 Å². The number of hydrogen-bond acceptors (Lipinski definition) is 0. The Morgan fingerprint density at radius 2 is 1.71 bits per heavy atom. The van der Waals surface area contributed by atoms with E-state index in [2.05, 4.69) is 70.6 Å². The van der Waals surface area contributed by atoms with Crippen LogP contribution in [-0.4, -0.2) is 4.83 Å². The van der Waals surface area contributed by atoms with Crippen LogP contribution in [0.1, 0.15) is 63.4 Å². The second kappa shape index (κ2) is 8.01. The van der Waals surface area contributed by atoms with Crippen molar-refractivity contribution in [3.8, 4) is 0 Å². The second-order valence-corrected chi connectivity index (χ2v) is 11.9. The minimum atomic E-state index is -0.0481. The molecule has 0 aromatic heterocycles. The second-order valence-electron chi connectivity index (χ2n) is 10.7. The van der Waals surface area contributed by atoms with Crippen LogP contribution in [0.5, 0.6) is 0 Å². The average molecular weight is 481 g/mol. The SMILES string of the molecule is FC1=CC2C(C3CCC(Br)C=C3C2(c2ccccc2)C2CC=CCC2)C2CCCCC12. The van der Waals surface area contributed by atoms with Crippen LogP contribution in [0, 0.1) is 35.5 Å². The number of rotatable bonds is 2. The van der Waals surface area contributed by atoms with Crippen molar-refractivity contribution in [3.05, 3.63) is 71.6 Å². The van der Waals surface area contributed by atoms with Gasteiger partial charge in [0.25, 0.3) is 0 Å². The fraction of sp³-hybridized carbons (Fsp3) is 0.586. The lowest BCUT2D eigenvalue weighted by Gasteiger charge is -2.49. The first-order valence-electron chi connectivity index (χ1n) is 12.6. The van der Waals surface area contributed by atoms with E-state index in [0.717, 1.165) is 19.3 Å². The summed E-state index contributed by atoms with van der Waals surface area (Å²) in [5.41, 5.74) is 3.06. The van der Waals surface area contributed by atoms with Crippen LogP contribution in [0.2, 0.25) is 0 Å². The molecule has 5 aliphatic rings. The summed E-state index contributed by atoms with van der Waals surface area (Å²) in [6.45, 7) is 0. The van der Waals surface area contributed by atoms with Gasteiger partial charge in [0, 0.05) is 16.2 Å². The van der Waals surface area contributed by atoms with Crippen molar-refractivity contribution < 1.29 is 4.39 Å². The Balaban J connectivity index is 1.61. The number of alkyl halides is 1. The summed E-state index contributed by atoms with van der Waals surface area (Å²) in [5.74, 6) is 3.06. The number of hydrogen-bond donors (Lipinski definition) is 0. The van der Waals surface area contributed by atoms with Crippen molar-refractivity contribution in [2.75, 3.05) is 0 Å². The summed E-state index contributed by atoms with van der Waals surface area (Å²) in [4.78, 5) is 0.456. The van der Waals surface area contributed by atoms with Gasteiger partial charge in [0.1, 0.15) is 0 Å². The summed E-state index contributed by atoms with van der Waals surface area (Å²) >= 11 is 3.97. The van der Waals surface area contributed by atoms with Gasteiger partial charge in [-0.05, 0) is 86.2 Å². The van der Waals surface area contributed by atoms with E-state index in [4.69, 9.17) is 0 Å². The van der Waals surface area contributed by atoms with Crippen LogP contribution < -0.4 is 0 Å². The van der Waals surface area contributed by atoms with Crippen LogP contribution in [0.4, 0.5) is 4.39 Å². The van der Waals surface area contributed by atoms with E-state index in [1.165, 1.54) is 44.1 Å². The van der Waals surface area contributed by atoms with E-state index in [-0.39, 0.29) is 17.2 Å². The van der Waals surface area contributed by atoms with Crippen LogP contribution in [0.15, 0.2) is 66.0 Å². The zero-order valence-electron chi connectivity index (χ0n) is 18.4. The predicted octanol–water partition coefficient (Wildman–Crippen LogP) is 8.30. The molecule has 0 spiro atoms. The third-order valence-electron chi connectivity index (χ3n) is 9.57. The standard InChI is InChI=1S/C29H34BrF/c30-21-15-16-24-25(17-21)29(19-9-3-1-4-10-19,20-11-5-2-6-12-20)26-18-27(31)22-13-7-8-14-23(22)28(24)26/h1-5,9-10,17-18,20-24,26,28H,6-8,11-16H2. The van der Waals surface area contributed by atoms with Gasteiger partial charge in [0.05, 0.1) is 5.83 Å². The number of benzene rings is 1. The summed E-state index contributed by atoms with van der Waals surface area (Å²) < 4.78 is 15.8. The van der Waals surface area contributed by atoms with Crippen LogP contribution in [0.25, 0.3) is 0 Å². The van der Waals surface area contributed by atoms with Gasteiger partial charge in [0.2, 0.25) is 0 Å². The maximum atomic E-state index is 15.8. The maximum absolute atomic E-state index is 15.8. The molecule has 5 aliphatic carbocycles. The first-order valence-corrected chi connectivity index (χ1v) is 13.6. The molecular formula is C29H34BrF. The molecule has 2 saturated carbocycles.